The minimum atomic E-state index is -1.56. The van der Waals surface area contributed by atoms with Crippen molar-refractivity contribution in [3.05, 3.63) is 51.9 Å². The number of thioether (sulfide) groups is 1. The molecule has 5 heterocycles. The predicted octanol–water partition coefficient (Wildman–Crippen LogP) is -0.794. The van der Waals surface area contributed by atoms with E-state index in [0.29, 0.717) is 12.1 Å². The van der Waals surface area contributed by atoms with E-state index in [2.05, 4.69) is 25.8 Å². The van der Waals surface area contributed by atoms with Gasteiger partial charge in [-0.3, -0.25) is 19.3 Å². The molecule has 5 rings (SSSR count). The normalized spacial score (nSPS) is 18.2. The number of amides is 3. The second kappa shape index (κ2) is 14.5. The molecule has 3 atom stereocenters. The molecule has 3 aromatic heterocycles. The quantitative estimate of drug-likeness (QED) is 0.0732. The monoisotopic (exact) mass is 722 g/mol. The largest absolute Gasteiger partial charge is 0.543 e. The molecule has 3 aromatic rings. The molecule has 18 nitrogen and oxygen atoms in total. The maximum atomic E-state index is 13.3. The van der Waals surface area contributed by atoms with Crippen LogP contribution in [-0.2, 0) is 46.7 Å². The lowest BCUT2D eigenvalue weighted by Gasteiger charge is -2.50. The molecule has 0 bridgehead atoms. The first kappa shape index (κ1) is 34.4. The molecule has 0 unspecified atom stereocenters. The number of nitrogens with one attached hydrogen (secondary N) is 2. The zero-order valence-corrected chi connectivity index (χ0v) is 27.5. The Morgan fingerprint density at radius 1 is 1.33 bits per heavy atom. The van der Waals surface area contributed by atoms with Crippen molar-refractivity contribution in [3.63, 3.8) is 0 Å². The van der Waals surface area contributed by atoms with Crippen molar-refractivity contribution >= 4 is 86.4 Å². The number of thiazole rings is 1. The van der Waals surface area contributed by atoms with Crippen LogP contribution in [0.3, 0.4) is 0 Å². The second-order valence-electron chi connectivity index (χ2n) is 10.2. The number of rotatable bonds is 13. The van der Waals surface area contributed by atoms with Crippen LogP contribution < -0.4 is 26.2 Å². The highest BCUT2D eigenvalue weighted by Crippen LogP contribution is 2.40. The molecule has 2 aliphatic heterocycles. The number of hydroxylamine groups is 1. The van der Waals surface area contributed by atoms with E-state index in [1.54, 1.807) is 18.5 Å². The summed E-state index contributed by atoms with van der Waals surface area (Å²) >= 11 is 8.23. The Kier molecular flexibility index (Phi) is 10.4. The van der Waals surface area contributed by atoms with Gasteiger partial charge in [-0.05, 0) is 13.0 Å². The maximum absolute atomic E-state index is 13.3. The van der Waals surface area contributed by atoms with Crippen LogP contribution in [0.15, 0.2) is 47.0 Å². The number of aliphatic carboxylic acids is 2. The molecule has 2 aliphatic rings. The standard InChI is InChI=1S/C27H27ClN8O10S2/c1-12(24(39)40)46-32-17(16-20(28)48-26(29)31-16)21(37)30-18-22(38)36-19(25(41)42)13(11-47-23(18)36)10-35-6-3-4-14-15(35)5-7-34(14)8-9-45-27(43)33-44-2/h3-7,12,18,23H,8-11H2,1-2H3,(H5-,29,30,31,33,37,39,40,41,42,43)/b32-17-/t12-,18+,23+/m0/s1. The number of carboxylic acid groups (broad SMARTS) is 2. The lowest BCUT2D eigenvalue weighted by molar-refractivity contribution is -0.663. The molecule has 0 saturated carbocycles. The molecule has 3 amide bonds. The van der Waals surface area contributed by atoms with Crippen molar-refractivity contribution < 1.29 is 53.2 Å². The van der Waals surface area contributed by atoms with Gasteiger partial charge >= 0.3 is 12.1 Å². The van der Waals surface area contributed by atoms with Crippen LogP contribution in [-0.4, -0.2) is 92.1 Å². The van der Waals surface area contributed by atoms with Gasteiger partial charge in [-0.15, -0.1) is 11.8 Å². The number of nitrogens with two attached hydrogens (primary N) is 1. The average Bonchev–Trinajstić information content (AvgIpc) is 3.61. The summed E-state index contributed by atoms with van der Waals surface area (Å²) in [6, 6.07) is 4.28. The number of fused-ring (bicyclic) bond motifs is 2. The summed E-state index contributed by atoms with van der Waals surface area (Å²) in [7, 11) is 1.29. The molecule has 0 spiro atoms. The van der Waals surface area contributed by atoms with Gasteiger partial charge in [0.1, 0.15) is 33.6 Å². The molecule has 0 radical (unpaired) electrons. The number of carbonyl (C=O) groups is 5. The number of halogens is 1. The van der Waals surface area contributed by atoms with Crippen LogP contribution in [0.2, 0.25) is 4.34 Å². The molecular formula is C27H27ClN8O10S2. The molecule has 21 heteroatoms. The molecule has 0 aromatic carbocycles. The number of carboxylic acids is 2. The van der Waals surface area contributed by atoms with Gasteiger partial charge in [0.15, 0.2) is 23.6 Å². The minimum absolute atomic E-state index is 0.00193. The number of hydrogen-bond acceptors (Lipinski definition) is 14. The topological polar surface area (TPSA) is 244 Å². The van der Waals surface area contributed by atoms with Gasteiger partial charge in [-0.2, -0.15) is 10.0 Å². The van der Waals surface area contributed by atoms with Crippen molar-refractivity contribution in [1.29, 1.82) is 0 Å². The first-order chi connectivity index (χ1) is 22.9. The maximum Gasteiger partial charge on any atom is 0.431 e. The smallest absolute Gasteiger partial charge is 0.431 e. The van der Waals surface area contributed by atoms with E-state index in [9.17, 15) is 29.1 Å². The van der Waals surface area contributed by atoms with E-state index in [1.807, 2.05) is 21.3 Å². The van der Waals surface area contributed by atoms with Crippen molar-refractivity contribution in [2.45, 2.75) is 37.5 Å². The number of carbonyl (C=O) groups excluding carboxylic acids is 4. The zero-order chi connectivity index (χ0) is 34.7. The van der Waals surface area contributed by atoms with Crippen LogP contribution in [0.5, 0.6) is 0 Å². The van der Waals surface area contributed by atoms with Crippen molar-refractivity contribution in [1.82, 2.24) is 25.2 Å². The molecule has 1 fully saturated rings. The van der Waals surface area contributed by atoms with Crippen molar-refractivity contribution in [2.24, 2.45) is 5.16 Å². The number of nitrogens with zero attached hydrogens (tertiary/aromatic N) is 5. The highest BCUT2D eigenvalue weighted by Gasteiger charge is 2.53. The minimum Gasteiger partial charge on any atom is -0.543 e. The average molecular weight is 723 g/mol. The van der Waals surface area contributed by atoms with Crippen molar-refractivity contribution in [3.8, 4) is 0 Å². The first-order valence-corrected chi connectivity index (χ1v) is 16.2. The summed E-state index contributed by atoms with van der Waals surface area (Å²) in [5.41, 5.74) is 8.69. The van der Waals surface area contributed by atoms with E-state index in [1.165, 1.54) is 25.8 Å². The van der Waals surface area contributed by atoms with Crippen LogP contribution in [0.4, 0.5) is 9.93 Å². The summed E-state index contributed by atoms with van der Waals surface area (Å²) in [5, 5.41) is 26.9. The number of oxime groups is 1. The number of hydrogen-bond donors (Lipinski definition) is 4. The predicted molar refractivity (Wildman–Crippen MR) is 167 cm³/mol. The van der Waals surface area contributed by atoms with E-state index in [-0.39, 0.29) is 39.8 Å². The fourth-order valence-electron chi connectivity index (χ4n) is 4.94. The van der Waals surface area contributed by atoms with Gasteiger partial charge in [-0.1, -0.05) is 28.1 Å². The van der Waals surface area contributed by atoms with Crippen LogP contribution in [0.25, 0.3) is 11.0 Å². The molecule has 1 saturated heterocycles. The highest BCUT2D eigenvalue weighted by molar-refractivity contribution is 8.00. The third-order valence-electron chi connectivity index (χ3n) is 7.14. The molecule has 48 heavy (non-hydrogen) atoms. The Morgan fingerprint density at radius 2 is 2.10 bits per heavy atom. The highest BCUT2D eigenvalue weighted by atomic mass is 35.5. The Hall–Kier alpha value is -4.92. The summed E-state index contributed by atoms with van der Waals surface area (Å²) in [4.78, 5) is 76.2. The molecule has 0 aliphatic carbocycles. The van der Waals surface area contributed by atoms with E-state index in [4.69, 9.17) is 32.0 Å². The Labute approximate surface area is 284 Å². The fraction of sp³-hybridized carbons (Fsp3) is 0.333. The lowest BCUT2D eigenvalue weighted by Crippen LogP contribution is -2.71. The van der Waals surface area contributed by atoms with E-state index in [0.717, 1.165) is 27.3 Å². The third-order valence-corrected chi connectivity index (χ3v) is 9.57. The van der Waals surface area contributed by atoms with E-state index < -0.39 is 53.1 Å². The molecular weight excluding hydrogens is 696 g/mol. The lowest BCUT2D eigenvalue weighted by atomic mass is 10.0. The number of ether oxygens (including phenoxy) is 1. The third kappa shape index (κ3) is 7.00. The first-order valence-electron chi connectivity index (χ1n) is 13.9. The van der Waals surface area contributed by atoms with Gasteiger partial charge < -0.3 is 40.2 Å². The van der Waals surface area contributed by atoms with Crippen LogP contribution >= 0.6 is 34.7 Å². The Morgan fingerprint density at radius 3 is 2.77 bits per heavy atom. The van der Waals surface area contributed by atoms with Crippen LogP contribution in [0, 0.1) is 0 Å². The summed E-state index contributed by atoms with van der Waals surface area (Å²) in [6.45, 7) is 1.70. The number of anilines is 1. The number of pyridine rings is 1. The number of β-lactam (4-membered cyclic amide) rings is 1. The van der Waals surface area contributed by atoms with Gasteiger partial charge in [0.05, 0.1) is 25.3 Å². The van der Waals surface area contributed by atoms with Crippen molar-refractivity contribution in [2.75, 3.05) is 25.2 Å². The van der Waals surface area contributed by atoms with Gasteiger partial charge in [-0.25, -0.2) is 14.6 Å². The fourth-order valence-corrected chi connectivity index (χ4v) is 7.20. The SMILES string of the molecule is CONC(=O)OCCn1ccc2c1ccc[n+]2CC1=C(C(=O)[O-])N2C(=O)[C@@H](NC(=O)/C(=N\O[C@@H](C)C(=O)O)c3nc(N)sc3Cl)[C@H]2SC1. The molecule has 254 valence electrons. The Balaban J connectivity index is 1.33. The number of aromatic nitrogens is 3. The van der Waals surface area contributed by atoms with Gasteiger partial charge in [0, 0.05) is 29.7 Å². The van der Waals surface area contributed by atoms with Crippen LogP contribution in [0.1, 0.15) is 12.6 Å². The Bertz CT molecular complexity index is 1860. The summed E-state index contributed by atoms with van der Waals surface area (Å²) < 4.78 is 8.69. The number of nitrogen functional groups attached to an aromatic ring is 1. The summed E-state index contributed by atoms with van der Waals surface area (Å²) in [5.74, 6) is -4.42. The second-order valence-corrected chi connectivity index (χ2v) is 12.9. The van der Waals surface area contributed by atoms with Gasteiger partial charge in [0.2, 0.25) is 11.6 Å². The zero-order valence-electron chi connectivity index (χ0n) is 25.1. The molecule has 5 N–H and O–H groups in total. The van der Waals surface area contributed by atoms with E-state index >= 15 is 0 Å². The van der Waals surface area contributed by atoms with Gasteiger partial charge in [0.25, 0.3) is 11.8 Å². The summed E-state index contributed by atoms with van der Waals surface area (Å²) in [6.07, 6.45) is 1.39.